The largest absolute Gasteiger partial charge is 0.394 e. The van der Waals surface area contributed by atoms with Gasteiger partial charge >= 0.3 is 0 Å². The van der Waals surface area contributed by atoms with E-state index in [9.17, 15) is 0 Å². The number of aliphatic hydroxyl groups excluding tert-OH is 1. The summed E-state index contributed by atoms with van der Waals surface area (Å²) in [5.41, 5.74) is 5.10. The van der Waals surface area contributed by atoms with Gasteiger partial charge in [0.05, 0.1) is 6.61 Å². The first kappa shape index (κ1) is 14.1. The molecule has 6 heteroatoms. The predicted octanol–water partition coefficient (Wildman–Crippen LogP) is 1.11. The fourth-order valence-corrected chi connectivity index (χ4v) is 1.76. The van der Waals surface area contributed by atoms with Crippen molar-refractivity contribution in [1.29, 1.82) is 0 Å². The number of nitrogens with zero attached hydrogens (tertiary/aromatic N) is 2. The van der Waals surface area contributed by atoms with Crippen molar-refractivity contribution < 1.29 is 14.4 Å². The van der Waals surface area contributed by atoms with Gasteiger partial charge in [0, 0.05) is 6.61 Å². The van der Waals surface area contributed by atoms with E-state index < -0.39 is 11.6 Å². The molecule has 1 aromatic heterocycles. The Hall–Kier alpha value is -0.980. The first-order chi connectivity index (χ1) is 8.13. The summed E-state index contributed by atoms with van der Waals surface area (Å²) in [5, 5.41) is 12.8. The van der Waals surface area contributed by atoms with E-state index in [4.69, 9.17) is 20.1 Å². The molecule has 0 radical (unpaired) electrons. The van der Waals surface area contributed by atoms with Gasteiger partial charge in [0.25, 0.3) is 0 Å². The molecule has 0 aromatic carbocycles. The van der Waals surface area contributed by atoms with Crippen LogP contribution in [0.4, 0.5) is 0 Å². The van der Waals surface area contributed by atoms with Crippen molar-refractivity contribution in [3.8, 4) is 0 Å². The van der Waals surface area contributed by atoms with Crippen molar-refractivity contribution >= 4 is 0 Å². The molecule has 1 heterocycles. The van der Waals surface area contributed by atoms with Crippen molar-refractivity contribution in [3.63, 3.8) is 0 Å². The number of aromatic nitrogens is 2. The first-order valence-electron chi connectivity index (χ1n) is 5.98. The van der Waals surface area contributed by atoms with E-state index in [2.05, 4.69) is 10.1 Å². The summed E-state index contributed by atoms with van der Waals surface area (Å²) < 4.78 is 10.8. The number of hydrogen-bond acceptors (Lipinski definition) is 6. The van der Waals surface area contributed by atoms with Gasteiger partial charge in [-0.15, -0.1) is 0 Å². The molecule has 0 spiro atoms. The number of aliphatic hydroxyl groups is 1. The molecular weight excluding hydrogens is 222 g/mol. The van der Waals surface area contributed by atoms with Crippen LogP contribution in [0.5, 0.6) is 0 Å². The molecule has 0 aliphatic carbocycles. The van der Waals surface area contributed by atoms with Gasteiger partial charge in [-0.2, -0.15) is 4.98 Å². The number of nitrogens with two attached hydrogens (primary N) is 1. The number of rotatable bonds is 7. The van der Waals surface area contributed by atoms with Crippen molar-refractivity contribution in [3.05, 3.63) is 11.7 Å². The van der Waals surface area contributed by atoms with Crippen LogP contribution in [-0.2, 0) is 10.3 Å². The van der Waals surface area contributed by atoms with Crippen LogP contribution < -0.4 is 5.73 Å². The van der Waals surface area contributed by atoms with Crippen molar-refractivity contribution in [1.82, 2.24) is 10.1 Å². The maximum Gasteiger partial charge on any atom is 0.246 e. The molecule has 0 fully saturated rings. The molecule has 0 unspecified atom stereocenters. The highest BCUT2D eigenvalue weighted by atomic mass is 16.5. The molecule has 1 rings (SSSR count). The molecule has 98 valence electrons. The van der Waals surface area contributed by atoms with Crippen molar-refractivity contribution in [2.45, 2.75) is 45.3 Å². The van der Waals surface area contributed by atoms with E-state index in [0.29, 0.717) is 12.4 Å². The summed E-state index contributed by atoms with van der Waals surface area (Å²) in [5.74, 6) is 0.747. The minimum atomic E-state index is -0.635. The summed E-state index contributed by atoms with van der Waals surface area (Å²) in [7, 11) is 0. The molecule has 1 atom stereocenters. The molecule has 0 saturated carbocycles. The molecule has 6 nitrogen and oxygen atoms in total. The third kappa shape index (κ3) is 2.83. The zero-order valence-electron chi connectivity index (χ0n) is 10.6. The molecule has 3 N–H and O–H groups in total. The van der Waals surface area contributed by atoms with E-state index in [-0.39, 0.29) is 12.5 Å². The summed E-state index contributed by atoms with van der Waals surface area (Å²) in [6.07, 6.45) is 1.51. The van der Waals surface area contributed by atoms with Crippen molar-refractivity contribution in [2.75, 3.05) is 13.2 Å². The lowest BCUT2D eigenvalue weighted by Crippen LogP contribution is -2.30. The molecule has 1 aromatic rings. The zero-order chi connectivity index (χ0) is 12.9. The summed E-state index contributed by atoms with van der Waals surface area (Å²) in [6.45, 7) is 6.32. The Labute approximate surface area is 101 Å². The third-order valence-electron chi connectivity index (χ3n) is 2.93. The maximum atomic E-state index is 8.93. The van der Waals surface area contributed by atoms with E-state index in [0.717, 1.165) is 12.8 Å². The quantitative estimate of drug-likeness (QED) is 0.745. The van der Waals surface area contributed by atoms with Crippen LogP contribution >= 0.6 is 0 Å². The Morgan fingerprint density at radius 3 is 2.53 bits per heavy atom. The lowest BCUT2D eigenvalue weighted by atomic mass is 9.96. The highest BCUT2D eigenvalue weighted by Crippen LogP contribution is 2.31. The normalized spacial score (nSPS) is 13.9. The van der Waals surface area contributed by atoms with Crippen molar-refractivity contribution in [2.24, 2.45) is 5.73 Å². The number of hydrogen-bond donors (Lipinski definition) is 2. The van der Waals surface area contributed by atoms with Crippen LogP contribution in [0.2, 0.25) is 0 Å². The average molecular weight is 243 g/mol. The summed E-state index contributed by atoms with van der Waals surface area (Å²) >= 11 is 0. The second-order valence-electron chi connectivity index (χ2n) is 3.88. The smallest absolute Gasteiger partial charge is 0.246 e. The molecule has 0 aliphatic rings. The van der Waals surface area contributed by atoms with E-state index >= 15 is 0 Å². The molecule has 0 amide bonds. The zero-order valence-corrected chi connectivity index (χ0v) is 10.6. The maximum absolute atomic E-state index is 8.93. The Bertz CT molecular complexity index is 336. The lowest BCUT2D eigenvalue weighted by Gasteiger charge is -2.27. The number of ether oxygens (including phenoxy) is 1. The monoisotopic (exact) mass is 243 g/mol. The second-order valence-corrected chi connectivity index (χ2v) is 3.88. The van der Waals surface area contributed by atoms with Gasteiger partial charge in [-0.1, -0.05) is 19.0 Å². The van der Waals surface area contributed by atoms with Crippen LogP contribution in [0.15, 0.2) is 4.52 Å². The Kier molecular flexibility index (Phi) is 5.04. The highest BCUT2D eigenvalue weighted by molar-refractivity contribution is 5.02. The Morgan fingerprint density at radius 2 is 2.06 bits per heavy atom. The minimum absolute atomic E-state index is 0.221. The molecule has 0 saturated heterocycles. The second kappa shape index (κ2) is 6.09. The molecule has 17 heavy (non-hydrogen) atoms. The van der Waals surface area contributed by atoms with Gasteiger partial charge < -0.3 is 20.1 Å². The van der Waals surface area contributed by atoms with Crippen LogP contribution in [0.3, 0.4) is 0 Å². The van der Waals surface area contributed by atoms with Crippen LogP contribution in [0.25, 0.3) is 0 Å². The standard InChI is InChI=1S/C11H21N3O3/c1-4-11(5-2,16-6-3)10-13-9(17-14-10)8(12)7-15/h8,15H,4-7,12H2,1-3H3/t8-/m0/s1. The third-order valence-corrected chi connectivity index (χ3v) is 2.93. The lowest BCUT2D eigenvalue weighted by molar-refractivity contribution is -0.0583. The SMILES string of the molecule is CCOC(CC)(CC)c1noc([C@@H](N)CO)n1. The van der Waals surface area contributed by atoms with Gasteiger partial charge in [-0.25, -0.2) is 0 Å². The van der Waals surface area contributed by atoms with Gasteiger partial charge in [0.1, 0.15) is 11.6 Å². The van der Waals surface area contributed by atoms with E-state index in [1.54, 1.807) is 0 Å². The highest BCUT2D eigenvalue weighted by Gasteiger charge is 2.35. The Balaban J connectivity index is 2.99. The predicted molar refractivity (Wildman–Crippen MR) is 62.2 cm³/mol. The van der Waals surface area contributed by atoms with Crippen LogP contribution in [0.1, 0.15) is 51.4 Å². The molecule has 0 bridgehead atoms. The first-order valence-corrected chi connectivity index (χ1v) is 5.98. The van der Waals surface area contributed by atoms with Gasteiger partial charge in [0.2, 0.25) is 11.7 Å². The molecular formula is C11H21N3O3. The van der Waals surface area contributed by atoms with Crippen LogP contribution in [0, 0.1) is 0 Å². The van der Waals surface area contributed by atoms with E-state index in [1.807, 2.05) is 20.8 Å². The Morgan fingerprint density at radius 1 is 1.41 bits per heavy atom. The summed E-state index contributed by atoms with van der Waals surface area (Å²) in [4.78, 5) is 4.23. The fourth-order valence-electron chi connectivity index (χ4n) is 1.76. The van der Waals surface area contributed by atoms with Gasteiger partial charge in [0.15, 0.2) is 0 Å². The van der Waals surface area contributed by atoms with Gasteiger partial charge in [-0.05, 0) is 19.8 Å². The van der Waals surface area contributed by atoms with Crippen LogP contribution in [-0.4, -0.2) is 28.5 Å². The average Bonchev–Trinajstić information content (AvgIpc) is 2.85. The molecule has 0 aliphatic heterocycles. The van der Waals surface area contributed by atoms with E-state index in [1.165, 1.54) is 0 Å². The topological polar surface area (TPSA) is 94.4 Å². The fraction of sp³-hybridized carbons (Fsp3) is 0.818. The summed E-state index contributed by atoms with van der Waals surface area (Å²) in [6, 6.07) is -0.635. The minimum Gasteiger partial charge on any atom is -0.394 e. The van der Waals surface area contributed by atoms with Gasteiger partial charge in [-0.3, -0.25) is 0 Å².